The molecular formula is C13H14BrF2N3O2. The third-order valence-corrected chi connectivity index (χ3v) is 4.13. The Hall–Kier alpha value is -1.70. The summed E-state index contributed by atoms with van der Waals surface area (Å²) in [6.07, 6.45) is 0.711. The average Bonchev–Trinajstić information content (AvgIpc) is 2.37. The van der Waals surface area contributed by atoms with E-state index in [1.165, 1.54) is 0 Å². The number of oxime groups is 1. The molecule has 1 aromatic carbocycles. The van der Waals surface area contributed by atoms with Crippen LogP contribution in [0.5, 0.6) is 0 Å². The number of hydrogen-bond donors (Lipinski definition) is 3. The standard InChI is InChI=1S/C13H14BrF2N3O2/c1-6-4-13(5-6,11(17)19-21)12(20)18-10-8(15)2-7(14)3-9(10)16/h2-3,6,21H,4-5H2,1H3,(H2,17,19)(H,18,20). The summed E-state index contributed by atoms with van der Waals surface area (Å²) in [5.41, 5.74) is 3.80. The van der Waals surface area contributed by atoms with Crippen LogP contribution in [0, 0.1) is 23.0 Å². The first kappa shape index (κ1) is 15.7. The van der Waals surface area contributed by atoms with Crippen LogP contribution in [0.3, 0.4) is 0 Å². The van der Waals surface area contributed by atoms with Crippen LogP contribution in [0.1, 0.15) is 19.8 Å². The second-order valence-corrected chi connectivity index (χ2v) is 6.20. The predicted octanol–water partition coefficient (Wildman–Crippen LogP) is 2.83. The van der Waals surface area contributed by atoms with Crippen molar-refractivity contribution >= 4 is 33.4 Å². The van der Waals surface area contributed by atoms with Gasteiger partial charge in [-0.3, -0.25) is 4.79 Å². The highest BCUT2D eigenvalue weighted by molar-refractivity contribution is 9.10. The molecule has 1 aliphatic rings. The van der Waals surface area contributed by atoms with Gasteiger partial charge in [-0.1, -0.05) is 28.0 Å². The van der Waals surface area contributed by atoms with Gasteiger partial charge < -0.3 is 16.3 Å². The number of hydrogen-bond acceptors (Lipinski definition) is 3. The van der Waals surface area contributed by atoms with E-state index in [1.807, 2.05) is 6.92 Å². The van der Waals surface area contributed by atoms with Crippen LogP contribution in [0.2, 0.25) is 0 Å². The molecule has 1 aliphatic carbocycles. The minimum Gasteiger partial charge on any atom is -0.409 e. The molecule has 0 aliphatic heterocycles. The number of carbonyl (C=O) groups is 1. The van der Waals surface area contributed by atoms with Crippen LogP contribution >= 0.6 is 15.9 Å². The number of carbonyl (C=O) groups excluding carboxylic acids is 1. The molecule has 21 heavy (non-hydrogen) atoms. The van der Waals surface area contributed by atoms with Crippen molar-refractivity contribution in [2.24, 2.45) is 22.2 Å². The number of nitrogens with two attached hydrogens (primary N) is 1. The summed E-state index contributed by atoms with van der Waals surface area (Å²) in [6, 6.07) is 2.08. The molecule has 114 valence electrons. The van der Waals surface area contributed by atoms with Crippen molar-refractivity contribution < 1.29 is 18.8 Å². The molecule has 1 aromatic rings. The summed E-state index contributed by atoms with van der Waals surface area (Å²) in [5.74, 6) is -2.54. The van der Waals surface area contributed by atoms with E-state index in [0.29, 0.717) is 12.8 Å². The Labute approximate surface area is 128 Å². The Morgan fingerprint density at radius 1 is 1.48 bits per heavy atom. The van der Waals surface area contributed by atoms with Crippen molar-refractivity contribution in [3.63, 3.8) is 0 Å². The molecule has 0 atom stereocenters. The maximum absolute atomic E-state index is 13.7. The maximum atomic E-state index is 13.7. The summed E-state index contributed by atoms with van der Waals surface area (Å²) in [4.78, 5) is 12.3. The molecule has 4 N–H and O–H groups in total. The molecule has 0 radical (unpaired) electrons. The van der Waals surface area contributed by atoms with Gasteiger partial charge in [-0.2, -0.15) is 0 Å². The fraction of sp³-hybridized carbons (Fsp3) is 0.385. The monoisotopic (exact) mass is 361 g/mol. The molecule has 0 bridgehead atoms. The molecule has 0 spiro atoms. The van der Waals surface area contributed by atoms with Crippen LogP contribution in [0.15, 0.2) is 21.8 Å². The van der Waals surface area contributed by atoms with Crippen LogP contribution in [-0.2, 0) is 4.79 Å². The molecule has 1 fully saturated rings. The fourth-order valence-electron chi connectivity index (χ4n) is 2.63. The van der Waals surface area contributed by atoms with Crippen molar-refractivity contribution in [3.8, 4) is 0 Å². The van der Waals surface area contributed by atoms with Crippen LogP contribution in [0.4, 0.5) is 14.5 Å². The number of nitrogens with one attached hydrogen (secondary N) is 1. The number of anilines is 1. The molecule has 2 rings (SSSR count). The van der Waals surface area contributed by atoms with Gasteiger partial charge >= 0.3 is 0 Å². The van der Waals surface area contributed by atoms with E-state index >= 15 is 0 Å². The number of amidine groups is 1. The topological polar surface area (TPSA) is 87.7 Å². The first-order valence-corrected chi connectivity index (χ1v) is 7.03. The summed E-state index contributed by atoms with van der Waals surface area (Å²) >= 11 is 2.96. The summed E-state index contributed by atoms with van der Waals surface area (Å²) in [5, 5.41) is 13.9. The van der Waals surface area contributed by atoms with Crippen molar-refractivity contribution in [1.82, 2.24) is 0 Å². The minimum absolute atomic E-state index is 0.204. The van der Waals surface area contributed by atoms with Crippen LogP contribution in [-0.4, -0.2) is 17.0 Å². The van der Waals surface area contributed by atoms with Crippen molar-refractivity contribution in [2.75, 3.05) is 5.32 Å². The van der Waals surface area contributed by atoms with Crippen molar-refractivity contribution in [2.45, 2.75) is 19.8 Å². The number of nitrogens with zero attached hydrogens (tertiary/aromatic N) is 1. The summed E-state index contributed by atoms with van der Waals surface area (Å²) < 4.78 is 27.7. The molecule has 0 heterocycles. The summed E-state index contributed by atoms with van der Waals surface area (Å²) in [7, 11) is 0. The van der Waals surface area contributed by atoms with E-state index in [2.05, 4.69) is 26.4 Å². The van der Waals surface area contributed by atoms with Crippen LogP contribution in [0.25, 0.3) is 0 Å². The lowest BCUT2D eigenvalue weighted by atomic mass is 9.61. The van der Waals surface area contributed by atoms with E-state index in [0.717, 1.165) is 12.1 Å². The highest BCUT2D eigenvalue weighted by Gasteiger charge is 2.52. The van der Waals surface area contributed by atoms with E-state index < -0.39 is 28.6 Å². The quantitative estimate of drug-likeness (QED) is 0.334. The third-order valence-electron chi connectivity index (χ3n) is 3.67. The highest BCUT2D eigenvalue weighted by atomic mass is 79.9. The zero-order valence-corrected chi connectivity index (χ0v) is 12.7. The van der Waals surface area contributed by atoms with E-state index in [4.69, 9.17) is 10.9 Å². The average molecular weight is 362 g/mol. The molecular weight excluding hydrogens is 348 g/mol. The van der Waals surface area contributed by atoms with Gasteiger partial charge in [-0.25, -0.2) is 8.78 Å². The molecule has 1 saturated carbocycles. The van der Waals surface area contributed by atoms with Crippen LogP contribution < -0.4 is 11.1 Å². The third kappa shape index (κ3) is 2.72. The zero-order valence-electron chi connectivity index (χ0n) is 11.2. The van der Waals surface area contributed by atoms with Gasteiger partial charge in [0, 0.05) is 4.47 Å². The fourth-order valence-corrected chi connectivity index (χ4v) is 3.03. The number of benzene rings is 1. The Balaban J connectivity index is 2.29. The van der Waals surface area contributed by atoms with E-state index in [-0.39, 0.29) is 16.2 Å². The van der Waals surface area contributed by atoms with Gasteiger partial charge in [0.25, 0.3) is 0 Å². The molecule has 0 aromatic heterocycles. The molecule has 5 nitrogen and oxygen atoms in total. The van der Waals surface area contributed by atoms with Crippen molar-refractivity contribution in [3.05, 3.63) is 28.2 Å². The number of halogens is 3. The van der Waals surface area contributed by atoms with E-state index in [1.54, 1.807) is 0 Å². The predicted molar refractivity (Wildman–Crippen MR) is 76.9 cm³/mol. The second kappa shape index (κ2) is 5.59. The molecule has 0 saturated heterocycles. The summed E-state index contributed by atoms with van der Waals surface area (Å²) in [6.45, 7) is 1.90. The Morgan fingerprint density at radius 2 is 2.00 bits per heavy atom. The van der Waals surface area contributed by atoms with Gasteiger partial charge in [0.1, 0.15) is 11.1 Å². The Bertz CT molecular complexity index is 592. The molecule has 8 heteroatoms. The lowest BCUT2D eigenvalue weighted by molar-refractivity contribution is -0.127. The smallest absolute Gasteiger partial charge is 0.238 e. The number of amides is 1. The van der Waals surface area contributed by atoms with Crippen molar-refractivity contribution in [1.29, 1.82) is 0 Å². The number of rotatable bonds is 3. The SMILES string of the molecule is CC1CC(C(=O)Nc2c(F)cc(Br)cc2F)(C(N)=NO)C1. The second-order valence-electron chi connectivity index (χ2n) is 5.28. The van der Waals surface area contributed by atoms with E-state index in [9.17, 15) is 13.6 Å². The van der Waals surface area contributed by atoms with Gasteiger partial charge in [0.2, 0.25) is 5.91 Å². The largest absolute Gasteiger partial charge is 0.409 e. The minimum atomic E-state index is -1.22. The van der Waals surface area contributed by atoms with Gasteiger partial charge in [-0.15, -0.1) is 0 Å². The lowest BCUT2D eigenvalue weighted by Gasteiger charge is -2.43. The first-order chi connectivity index (χ1) is 9.80. The van der Waals surface area contributed by atoms with Gasteiger partial charge in [0.15, 0.2) is 17.5 Å². The van der Waals surface area contributed by atoms with Gasteiger partial charge in [-0.05, 0) is 30.9 Å². The Kier molecular flexibility index (Phi) is 4.18. The lowest BCUT2D eigenvalue weighted by Crippen LogP contribution is -2.54. The normalized spacial score (nSPS) is 25.3. The Morgan fingerprint density at radius 3 is 2.43 bits per heavy atom. The van der Waals surface area contributed by atoms with Gasteiger partial charge in [0.05, 0.1) is 0 Å². The zero-order chi connectivity index (χ0) is 15.8. The maximum Gasteiger partial charge on any atom is 0.238 e. The first-order valence-electron chi connectivity index (χ1n) is 6.24. The highest BCUT2D eigenvalue weighted by Crippen LogP contribution is 2.46. The molecule has 0 unspecified atom stereocenters. The molecule has 1 amide bonds.